The first-order chi connectivity index (χ1) is 10.4. The van der Waals surface area contributed by atoms with Gasteiger partial charge in [0.05, 0.1) is 0 Å². The van der Waals surface area contributed by atoms with E-state index in [-0.39, 0.29) is 24.4 Å². The Morgan fingerprint density at radius 1 is 1.23 bits per heavy atom. The molecular formula is C17H16O5. The van der Waals surface area contributed by atoms with E-state index < -0.39 is 11.6 Å². The van der Waals surface area contributed by atoms with Crippen LogP contribution in [0.2, 0.25) is 0 Å². The second-order valence-electron chi connectivity index (χ2n) is 5.16. The van der Waals surface area contributed by atoms with Crippen molar-refractivity contribution in [2.24, 2.45) is 0 Å². The summed E-state index contributed by atoms with van der Waals surface area (Å²) in [5.74, 6) is -0.497. The highest BCUT2D eigenvalue weighted by atomic mass is 16.5. The number of carbonyl (C=O) groups is 2. The number of hydrogen-bond acceptors (Lipinski definition) is 5. The Hall–Kier alpha value is -2.69. The fraction of sp³-hybridized carbons (Fsp3) is 0.235. The number of carbonyl (C=O) groups excluding carboxylic acids is 2. The molecule has 0 fully saturated rings. The maximum atomic E-state index is 11.6. The van der Waals surface area contributed by atoms with E-state index in [4.69, 9.17) is 9.15 Å². The van der Waals surface area contributed by atoms with Gasteiger partial charge in [0.15, 0.2) is 0 Å². The standard InChI is InChI=1S/C17H16O5/c1-10(2)17(20)21-9-13-8-16(19)22-15-7-12(6-11(3)18)4-5-14(13)15/h4-5,7-8H,1,6,9H2,2-3H3. The third kappa shape index (κ3) is 3.69. The van der Waals surface area contributed by atoms with E-state index >= 15 is 0 Å². The van der Waals surface area contributed by atoms with Gasteiger partial charge in [0, 0.05) is 29.0 Å². The van der Waals surface area contributed by atoms with Gasteiger partial charge in [-0.05, 0) is 25.5 Å². The van der Waals surface area contributed by atoms with Crippen molar-refractivity contribution in [2.75, 3.05) is 0 Å². The smallest absolute Gasteiger partial charge is 0.336 e. The van der Waals surface area contributed by atoms with Crippen molar-refractivity contribution in [3.05, 3.63) is 58.0 Å². The summed E-state index contributed by atoms with van der Waals surface area (Å²) >= 11 is 0. The predicted octanol–water partition coefficient (Wildman–Crippen LogP) is 2.54. The summed E-state index contributed by atoms with van der Waals surface area (Å²) in [5.41, 5.74) is 1.44. The fourth-order valence-corrected chi connectivity index (χ4v) is 2.06. The van der Waals surface area contributed by atoms with Gasteiger partial charge < -0.3 is 9.15 Å². The van der Waals surface area contributed by atoms with Gasteiger partial charge in [0.1, 0.15) is 18.0 Å². The van der Waals surface area contributed by atoms with Crippen LogP contribution in [-0.2, 0) is 27.4 Å². The third-order valence-electron chi connectivity index (χ3n) is 3.05. The number of rotatable bonds is 5. The lowest BCUT2D eigenvalue weighted by Gasteiger charge is -2.08. The van der Waals surface area contributed by atoms with E-state index in [0.717, 1.165) is 5.56 Å². The highest BCUT2D eigenvalue weighted by Crippen LogP contribution is 2.20. The molecule has 0 atom stereocenters. The number of esters is 1. The molecule has 2 rings (SSSR count). The molecule has 0 spiro atoms. The van der Waals surface area contributed by atoms with Gasteiger partial charge in [-0.15, -0.1) is 0 Å². The molecule has 0 bridgehead atoms. The molecule has 0 aliphatic carbocycles. The number of ether oxygens (including phenoxy) is 1. The van der Waals surface area contributed by atoms with Crippen molar-refractivity contribution < 1.29 is 18.7 Å². The zero-order chi connectivity index (χ0) is 16.3. The normalized spacial score (nSPS) is 10.5. The van der Waals surface area contributed by atoms with Crippen LogP contribution in [0.25, 0.3) is 11.0 Å². The Kier molecular flexibility index (Phi) is 4.56. The van der Waals surface area contributed by atoms with E-state index in [1.807, 2.05) is 0 Å². The Morgan fingerprint density at radius 3 is 2.59 bits per heavy atom. The van der Waals surface area contributed by atoms with Crippen molar-refractivity contribution in [2.45, 2.75) is 26.9 Å². The van der Waals surface area contributed by atoms with Crippen molar-refractivity contribution in [3.63, 3.8) is 0 Å². The van der Waals surface area contributed by atoms with E-state index in [9.17, 15) is 14.4 Å². The highest BCUT2D eigenvalue weighted by Gasteiger charge is 2.10. The summed E-state index contributed by atoms with van der Waals surface area (Å²) in [7, 11) is 0. The number of benzene rings is 1. The van der Waals surface area contributed by atoms with Crippen LogP contribution in [0.3, 0.4) is 0 Å². The first kappa shape index (κ1) is 15.7. The van der Waals surface area contributed by atoms with Crippen LogP contribution in [0, 0.1) is 0 Å². The molecule has 0 aliphatic rings. The van der Waals surface area contributed by atoms with Crippen LogP contribution >= 0.6 is 0 Å². The number of fused-ring (bicyclic) bond motifs is 1. The monoisotopic (exact) mass is 300 g/mol. The molecule has 5 heteroatoms. The molecule has 1 heterocycles. The lowest BCUT2D eigenvalue weighted by molar-refractivity contribution is -0.140. The molecule has 5 nitrogen and oxygen atoms in total. The van der Waals surface area contributed by atoms with E-state index in [0.29, 0.717) is 16.5 Å². The van der Waals surface area contributed by atoms with Gasteiger partial charge in [-0.3, -0.25) is 4.79 Å². The summed E-state index contributed by atoms with van der Waals surface area (Å²) in [6.45, 7) is 6.50. The van der Waals surface area contributed by atoms with Crippen LogP contribution < -0.4 is 5.63 Å². The van der Waals surface area contributed by atoms with Crippen LogP contribution in [0.15, 0.2) is 45.6 Å². The molecule has 2 aromatic rings. The summed E-state index contributed by atoms with van der Waals surface area (Å²) in [6.07, 6.45) is 0.272. The maximum Gasteiger partial charge on any atom is 0.336 e. The fourth-order valence-electron chi connectivity index (χ4n) is 2.06. The molecule has 1 aromatic carbocycles. The highest BCUT2D eigenvalue weighted by molar-refractivity contribution is 5.87. The van der Waals surface area contributed by atoms with Crippen LogP contribution in [0.4, 0.5) is 0 Å². The van der Waals surface area contributed by atoms with Crippen molar-refractivity contribution in [1.29, 1.82) is 0 Å². The van der Waals surface area contributed by atoms with Crippen molar-refractivity contribution in [1.82, 2.24) is 0 Å². The molecule has 0 saturated heterocycles. The minimum Gasteiger partial charge on any atom is -0.457 e. The predicted molar refractivity (Wildman–Crippen MR) is 81.5 cm³/mol. The van der Waals surface area contributed by atoms with Crippen molar-refractivity contribution in [3.8, 4) is 0 Å². The van der Waals surface area contributed by atoms with Gasteiger partial charge in [0.2, 0.25) is 0 Å². The second-order valence-corrected chi connectivity index (χ2v) is 5.16. The van der Waals surface area contributed by atoms with Gasteiger partial charge >= 0.3 is 11.6 Å². The SMILES string of the molecule is C=C(C)C(=O)OCc1cc(=O)oc2cc(CC(C)=O)ccc12. The molecule has 0 N–H and O–H groups in total. The minimum absolute atomic E-state index is 0.0215. The molecule has 0 saturated carbocycles. The zero-order valence-corrected chi connectivity index (χ0v) is 12.5. The van der Waals surface area contributed by atoms with Crippen molar-refractivity contribution >= 4 is 22.7 Å². The Balaban J connectivity index is 2.38. The number of Topliss-reactive ketones (excluding diaryl/α,β-unsaturated/α-hetero) is 1. The van der Waals surface area contributed by atoms with Gasteiger partial charge in [-0.25, -0.2) is 9.59 Å². The molecule has 0 unspecified atom stereocenters. The molecule has 114 valence electrons. The van der Waals surface area contributed by atoms with E-state index in [2.05, 4.69) is 6.58 Å². The molecule has 0 aliphatic heterocycles. The van der Waals surface area contributed by atoms with Crippen LogP contribution in [0.1, 0.15) is 25.0 Å². The Morgan fingerprint density at radius 2 is 1.95 bits per heavy atom. The lowest BCUT2D eigenvalue weighted by atomic mass is 10.0. The number of hydrogen-bond donors (Lipinski definition) is 0. The molecule has 1 aromatic heterocycles. The first-order valence-electron chi connectivity index (χ1n) is 6.74. The summed E-state index contributed by atoms with van der Waals surface area (Å²) in [5, 5.41) is 0.668. The van der Waals surface area contributed by atoms with Crippen LogP contribution in [-0.4, -0.2) is 11.8 Å². The molecule has 0 amide bonds. The topological polar surface area (TPSA) is 73.6 Å². The van der Waals surface area contributed by atoms with E-state index in [1.165, 1.54) is 13.0 Å². The van der Waals surface area contributed by atoms with Gasteiger partial charge in [-0.1, -0.05) is 18.7 Å². The summed E-state index contributed by atoms with van der Waals surface area (Å²) in [4.78, 5) is 34.2. The largest absolute Gasteiger partial charge is 0.457 e. The van der Waals surface area contributed by atoms with Crippen LogP contribution in [0.5, 0.6) is 0 Å². The average molecular weight is 300 g/mol. The van der Waals surface area contributed by atoms with E-state index in [1.54, 1.807) is 25.1 Å². The quantitative estimate of drug-likeness (QED) is 0.482. The van der Waals surface area contributed by atoms with Gasteiger partial charge in [-0.2, -0.15) is 0 Å². The second kappa shape index (κ2) is 6.39. The maximum absolute atomic E-state index is 11.6. The first-order valence-corrected chi connectivity index (χ1v) is 6.74. The lowest BCUT2D eigenvalue weighted by Crippen LogP contribution is -2.08. The van der Waals surface area contributed by atoms with Gasteiger partial charge in [0.25, 0.3) is 0 Å². The molecule has 0 radical (unpaired) electrons. The molecular weight excluding hydrogens is 284 g/mol. The zero-order valence-electron chi connectivity index (χ0n) is 12.5. The minimum atomic E-state index is -0.533. The summed E-state index contributed by atoms with van der Waals surface area (Å²) < 4.78 is 10.2. The third-order valence-corrected chi connectivity index (χ3v) is 3.05. The molecule has 22 heavy (non-hydrogen) atoms. The average Bonchev–Trinajstić information content (AvgIpc) is 2.42. The Bertz CT molecular complexity index is 813. The summed E-state index contributed by atoms with van der Waals surface area (Å²) in [6, 6.07) is 6.48. The Labute approximate surface area is 127 Å². The number of ketones is 1.